The fourth-order valence-electron chi connectivity index (χ4n) is 6.56. The second kappa shape index (κ2) is 8.58. The summed E-state index contributed by atoms with van der Waals surface area (Å²) in [6.07, 6.45) is 5.47. The first-order valence-corrected chi connectivity index (χ1v) is 12.9. The molecule has 38 heavy (non-hydrogen) atoms. The van der Waals surface area contributed by atoms with Gasteiger partial charge in [0.1, 0.15) is 17.2 Å². The largest absolute Gasteiger partial charge is 0.497 e. The summed E-state index contributed by atoms with van der Waals surface area (Å²) in [7, 11) is 1.61. The Morgan fingerprint density at radius 1 is 0.763 bits per heavy atom. The summed E-state index contributed by atoms with van der Waals surface area (Å²) in [6.45, 7) is 0. The first-order valence-electron chi connectivity index (χ1n) is 12.9. The lowest BCUT2D eigenvalue weighted by Gasteiger charge is -2.37. The van der Waals surface area contributed by atoms with E-state index in [4.69, 9.17) is 9.47 Å². The van der Waals surface area contributed by atoms with Crippen molar-refractivity contribution >= 4 is 29.1 Å². The van der Waals surface area contributed by atoms with Crippen LogP contribution in [0.25, 0.3) is 0 Å². The van der Waals surface area contributed by atoms with Gasteiger partial charge in [0, 0.05) is 11.3 Å². The molecule has 6 atom stereocenters. The molecule has 2 bridgehead atoms. The summed E-state index contributed by atoms with van der Waals surface area (Å²) in [5.74, 6) is 2.63. The number of imide groups is 1. The molecule has 3 aromatic carbocycles. The molecule has 1 saturated heterocycles. The highest BCUT2D eigenvalue weighted by Crippen LogP contribution is 2.65. The van der Waals surface area contributed by atoms with Crippen molar-refractivity contribution in [3.05, 3.63) is 90.5 Å². The minimum absolute atomic E-state index is 0.0983. The number of methoxy groups -OCH3 is 1. The minimum atomic E-state index is -0.282. The second-order valence-electron chi connectivity index (χ2n) is 10.5. The number of anilines is 2. The molecule has 3 fully saturated rings. The topological polar surface area (TPSA) is 84.9 Å². The van der Waals surface area contributed by atoms with E-state index in [1.807, 2.05) is 24.3 Å². The third-order valence-electron chi connectivity index (χ3n) is 8.46. The molecule has 7 nitrogen and oxygen atoms in total. The first-order chi connectivity index (χ1) is 18.5. The van der Waals surface area contributed by atoms with Crippen molar-refractivity contribution in [3.63, 3.8) is 0 Å². The van der Waals surface area contributed by atoms with Crippen molar-refractivity contribution in [2.45, 2.75) is 6.42 Å². The molecule has 190 valence electrons. The number of allylic oxidation sites excluding steroid dienone is 2. The Hall–Kier alpha value is -4.39. The van der Waals surface area contributed by atoms with Crippen molar-refractivity contribution in [2.24, 2.45) is 35.5 Å². The predicted molar refractivity (Wildman–Crippen MR) is 141 cm³/mol. The summed E-state index contributed by atoms with van der Waals surface area (Å²) in [4.78, 5) is 40.8. The van der Waals surface area contributed by atoms with Gasteiger partial charge in [-0.15, -0.1) is 0 Å². The Morgan fingerprint density at radius 2 is 1.29 bits per heavy atom. The van der Waals surface area contributed by atoms with Crippen LogP contribution in [0.4, 0.5) is 11.4 Å². The van der Waals surface area contributed by atoms with Crippen LogP contribution in [0.5, 0.6) is 17.2 Å². The molecule has 5 aliphatic rings. The van der Waals surface area contributed by atoms with Crippen LogP contribution in [-0.2, 0) is 9.59 Å². The third kappa shape index (κ3) is 3.61. The number of ether oxygens (including phenoxy) is 2. The lowest BCUT2D eigenvalue weighted by molar-refractivity contribution is -0.124. The second-order valence-corrected chi connectivity index (χ2v) is 10.5. The van der Waals surface area contributed by atoms with Gasteiger partial charge in [-0.05, 0) is 103 Å². The minimum Gasteiger partial charge on any atom is -0.497 e. The zero-order chi connectivity index (χ0) is 26.0. The first kappa shape index (κ1) is 22.8. The fraction of sp³-hybridized carbons (Fsp3) is 0.258. The highest BCUT2D eigenvalue weighted by Gasteiger charge is 2.67. The number of benzene rings is 3. The molecule has 1 heterocycles. The number of carbonyl (C=O) groups excluding carboxylic acids is 3. The van der Waals surface area contributed by atoms with Gasteiger partial charge in [-0.1, -0.05) is 12.2 Å². The molecule has 8 rings (SSSR count). The Kier molecular flexibility index (Phi) is 5.15. The molecular weight excluding hydrogens is 480 g/mol. The Bertz CT molecular complexity index is 1430. The SMILES string of the molecule is COc1ccc(Oc2ccc(NC(=O)c3ccc(N4C(=O)[C@H]5[C@@H]6C=C[C@@H]([C@H]7C[C@H]67)[C@@H]5C4=O)cc3)cc2)cc1. The highest BCUT2D eigenvalue weighted by atomic mass is 16.5. The average Bonchev–Trinajstić information content (AvgIpc) is 3.73. The van der Waals surface area contributed by atoms with Gasteiger partial charge in [0.25, 0.3) is 5.91 Å². The Labute approximate surface area is 220 Å². The Balaban J connectivity index is 1.01. The summed E-state index contributed by atoms with van der Waals surface area (Å²) in [6, 6.07) is 21.0. The number of nitrogens with zero attached hydrogens (tertiary/aromatic N) is 1. The molecule has 0 aromatic heterocycles. The van der Waals surface area contributed by atoms with Gasteiger partial charge in [0.15, 0.2) is 0 Å². The summed E-state index contributed by atoms with van der Waals surface area (Å²) < 4.78 is 11.0. The van der Waals surface area contributed by atoms with Gasteiger partial charge < -0.3 is 14.8 Å². The maximum absolute atomic E-state index is 13.3. The van der Waals surface area contributed by atoms with Crippen LogP contribution >= 0.6 is 0 Å². The van der Waals surface area contributed by atoms with Crippen LogP contribution in [-0.4, -0.2) is 24.8 Å². The van der Waals surface area contributed by atoms with Crippen LogP contribution in [0.1, 0.15) is 16.8 Å². The van der Waals surface area contributed by atoms with Gasteiger partial charge in [0.05, 0.1) is 24.6 Å². The normalized spacial score (nSPS) is 28.1. The average molecular weight is 507 g/mol. The molecule has 1 aliphatic heterocycles. The zero-order valence-corrected chi connectivity index (χ0v) is 20.7. The van der Waals surface area contributed by atoms with Gasteiger partial charge in [-0.2, -0.15) is 0 Å². The quantitative estimate of drug-likeness (QED) is 0.362. The molecule has 2 saturated carbocycles. The van der Waals surface area contributed by atoms with E-state index in [2.05, 4.69) is 17.5 Å². The van der Waals surface area contributed by atoms with Crippen molar-refractivity contribution < 1.29 is 23.9 Å². The van der Waals surface area contributed by atoms with Crippen molar-refractivity contribution in [1.82, 2.24) is 0 Å². The molecule has 0 unspecified atom stereocenters. The number of amides is 3. The highest BCUT2D eigenvalue weighted by molar-refractivity contribution is 6.22. The lowest BCUT2D eigenvalue weighted by atomic mass is 9.63. The van der Waals surface area contributed by atoms with Crippen molar-refractivity contribution in [3.8, 4) is 17.2 Å². The maximum atomic E-state index is 13.3. The Morgan fingerprint density at radius 3 is 1.84 bits per heavy atom. The van der Waals surface area contributed by atoms with Crippen LogP contribution < -0.4 is 19.7 Å². The molecule has 0 spiro atoms. The molecule has 7 heteroatoms. The van der Waals surface area contributed by atoms with Gasteiger partial charge in [0.2, 0.25) is 11.8 Å². The number of carbonyl (C=O) groups is 3. The molecular formula is C31H26N2O5. The van der Waals surface area contributed by atoms with E-state index in [0.717, 1.165) is 12.2 Å². The van der Waals surface area contributed by atoms with E-state index in [1.54, 1.807) is 55.6 Å². The van der Waals surface area contributed by atoms with Crippen LogP contribution in [0.3, 0.4) is 0 Å². The van der Waals surface area contributed by atoms with E-state index in [1.165, 1.54) is 4.90 Å². The molecule has 4 aliphatic carbocycles. The van der Waals surface area contributed by atoms with E-state index in [-0.39, 0.29) is 41.4 Å². The van der Waals surface area contributed by atoms with Crippen LogP contribution in [0.2, 0.25) is 0 Å². The van der Waals surface area contributed by atoms with Gasteiger partial charge >= 0.3 is 0 Å². The van der Waals surface area contributed by atoms with E-state index in [9.17, 15) is 14.4 Å². The molecule has 0 radical (unpaired) electrons. The number of hydrogen-bond acceptors (Lipinski definition) is 5. The molecule has 3 amide bonds. The summed E-state index contributed by atoms with van der Waals surface area (Å²) >= 11 is 0. The number of nitrogens with one attached hydrogen (secondary N) is 1. The van der Waals surface area contributed by atoms with Crippen LogP contribution in [0.15, 0.2) is 84.9 Å². The van der Waals surface area contributed by atoms with E-state index >= 15 is 0 Å². The predicted octanol–water partition coefficient (Wildman–Crippen LogP) is 5.30. The van der Waals surface area contributed by atoms with E-state index in [0.29, 0.717) is 40.3 Å². The smallest absolute Gasteiger partial charge is 0.255 e. The third-order valence-corrected chi connectivity index (χ3v) is 8.46. The summed E-state index contributed by atoms with van der Waals surface area (Å²) in [5.41, 5.74) is 1.59. The number of hydrogen-bond donors (Lipinski definition) is 1. The molecule has 1 N–H and O–H groups in total. The van der Waals surface area contributed by atoms with Crippen LogP contribution in [0, 0.1) is 35.5 Å². The zero-order valence-electron chi connectivity index (χ0n) is 20.7. The standard InChI is InChI=1S/C31H26N2O5/c1-37-20-10-12-22(13-11-20)38-21-8-4-18(5-9-21)32-29(34)17-2-6-19(7-3-17)33-30(35)27-23-14-15-24(26-16-25(23)26)28(27)31(33)36/h2-15,23-28H,16H2,1H3,(H,32,34)/t23-,24+,25-,26-,27+,28+/m1/s1. The van der Waals surface area contributed by atoms with Crippen molar-refractivity contribution in [1.29, 1.82) is 0 Å². The maximum Gasteiger partial charge on any atom is 0.255 e. The lowest BCUT2D eigenvalue weighted by Crippen LogP contribution is -2.40. The molecule has 3 aromatic rings. The van der Waals surface area contributed by atoms with E-state index < -0.39 is 0 Å². The van der Waals surface area contributed by atoms with Gasteiger partial charge in [-0.25, -0.2) is 0 Å². The van der Waals surface area contributed by atoms with Crippen molar-refractivity contribution in [2.75, 3.05) is 17.3 Å². The fourth-order valence-corrected chi connectivity index (χ4v) is 6.56. The van der Waals surface area contributed by atoms with Gasteiger partial charge in [-0.3, -0.25) is 19.3 Å². The summed E-state index contributed by atoms with van der Waals surface area (Å²) in [5, 5.41) is 2.87. The number of rotatable bonds is 6. The monoisotopic (exact) mass is 506 g/mol.